The molecule has 1 saturated carbocycles. The zero-order valence-electron chi connectivity index (χ0n) is 15.2. The minimum absolute atomic E-state index is 0.271. The van der Waals surface area contributed by atoms with Crippen LogP contribution in [0.1, 0.15) is 55.8 Å². The first-order valence-corrected chi connectivity index (χ1v) is 9.86. The highest BCUT2D eigenvalue weighted by atomic mass is 16.5. The highest BCUT2D eigenvalue weighted by Crippen LogP contribution is 2.29. The van der Waals surface area contributed by atoms with Gasteiger partial charge in [-0.05, 0) is 45.2 Å². The lowest BCUT2D eigenvalue weighted by Crippen LogP contribution is -2.57. The Balaban J connectivity index is 1.36. The molecule has 0 aromatic carbocycles. The molecular weight excluding hydrogens is 316 g/mol. The zero-order chi connectivity index (χ0) is 17.2. The monoisotopic (exact) mass is 346 g/mol. The third-order valence-corrected chi connectivity index (χ3v) is 6.06. The minimum Gasteiger partial charge on any atom is -0.374 e. The van der Waals surface area contributed by atoms with Crippen molar-refractivity contribution < 1.29 is 9.53 Å². The van der Waals surface area contributed by atoms with Crippen molar-refractivity contribution in [2.75, 3.05) is 32.8 Å². The second-order valence-corrected chi connectivity index (χ2v) is 7.90. The molecule has 0 radical (unpaired) electrons. The summed E-state index contributed by atoms with van der Waals surface area (Å²) in [6.45, 7) is 6.00. The molecule has 3 heterocycles. The summed E-state index contributed by atoms with van der Waals surface area (Å²) in [5.74, 6) is 0.734. The molecule has 4 rings (SSSR count). The first-order chi connectivity index (χ1) is 12.2. The standard InChI is InChI=1S/C19H30N4O2/c1-14-11-16(21-20-14)15-5-4-8-22(12-15)13-19(24)23-9-10-25-18-7-3-2-6-17(18)23/h11,15,17-18H,2-10,12-13H2,1H3,(H,20,21)/t15-,17-,18+/m1/s1. The van der Waals surface area contributed by atoms with Crippen molar-refractivity contribution >= 4 is 5.91 Å². The Morgan fingerprint density at radius 2 is 2.16 bits per heavy atom. The normalized spacial score (nSPS) is 30.9. The van der Waals surface area contributed by atoms with Crippen molar-refractivity contribution in [2.45, 2.75) is 63.5 Å². The molecule has 1 amide bonds. The van der Waals surface area contributed by atoms with Gasteiger partial charge in [-0.25, -0.2) is 0 Å². The summed E-state index contributed by atoms with van der Waals surface area (Å²) in [4.78, 5) is 17.4. The number of ether oxygens (including phenoxy) is 1. The number of H-pyrrole nitrogens is 1. The van der Waals surface area contributed by atoms with Gasteiger partial charge in [-0.2, -0.15) is 5.10 Å². The maximum absolute atomic E-state index is 13.0. The number of nitrogens with one attached hydrogen (secondary N) is 1. The van der Waals surface area contributed by atoms with Crippen LogP contribution in [0.4, 0.5) is 0 Å². The zero-order valence-corrected chi connectivity index (χ0v) is 15.2. The van der Waals surface area contributed by atoms with Gasteiger partial charge in [0.05, 0.1) is 31.0 Å². The number of fused-ring (bicyclic) bond motifs is 1. The van der Waals surface area contributed by atoms with Crippen molar-refractivity contribution in [2.24, 2.45) is 0 Å². The quantitative estimate of drug-likeness (QED) is 0.910. The highest BCUT2D eigenvalue weighted by molar-refractivity contribution is 5.78. The molecule has 138 valence electrons. The van der Waals surface area contributed by atoms with Crippen molar-refractivity contribution in [3.63, 3.8) is 0 Å². The summed E-state index contributed by atoms with van der Waals surface area (Å²) in [6, 6.07) is 2.45. The molecule has 0 unspecified atom stereocenters. The van der Waals surface area contributed by atoms with E-state index in [1.807, 2.05) is 6.92 Å². The molecule has 3 atom stereocenters. The lowest BCUT2D eigenvalue weighted by molar-refractivity contribution is -0.150. The Labute approximate surface area is 149 Å². The van der Waals surface area contributed by atoms with Gasteiger partial charge < -0.3 is 9.64 Å². The number of morpholine rings is 1. The van der Waals surface area contributed by atoms with Gasteiger partial charge >= 0.3 is 0 Å². The SMILES string of the molecule is Cc1cc([C@@H]2CCCN(CC(=O)N3CCO[C@H]4CCCC[C@H]43)C2)n[nH]1. The number of carbonyl (C=O) groups is 1. The third-order valence-electron chi connectivity index (χ3n) is 6.06. The van der Waals surface area contributed by atoms with Gasteiger partial charge in [0.1, 0.15) is 0 Å². The number of nitrogens with zero attached hydrogens (tertiary/aromatic N) is 3. The number of hydrogen-bond donors (Lipinski definition) is 1. The van der Waals surface area contributed by atoms with Crippen LogP contribution in [0.3, 0.4) is 0 Å². The Bertz CT molecular complexity index is 600. The number of hydrogen-bond acceptors (Lipinski definition) is 4. The molecular formula is C19H30N4O2. The van der Waals surface area contributed by atoms with Gasteiger partial charge in [-0.15, -0.1) is 0 Å². The fraction of sp³-hybridized carbons (Fsp3) is 0.789. The van der Waals surface area contributed by atoms with E-state index in [2.05, 4.69) is 26.1 Å². The number of aromatic nitrogens is 2. The van der Waals surface area contributed by atoms with Gasteiger partial charge in [0, 0.05) is 24.7 Å². The van der Waals surface area contributed by atoms with Crippen LogP contribution < -0.4 is 0 Å². The van der Waals surface area contributed by atoms with Gasteiger partial charge in [0.15, 0.2) is 0 Å². The summed E-state index contributed by atoms with van der Waals surface area (Å²) in [5.41, 5.74) is 2.26. The molecule has 6 heteroatoms. The van der Waals surface area contributed by atoms with Crippen molar-refractivity contribution in [1.82, 2.24) is 20.0 Å². The summed E-state index contributed by atoms with van der Waals surface area (Å²) < 4.78 is 5.91. The maximum Gasteiger partial charge on any atom is 0.237 e. The molecule has 1 aliphatic carbocycles. The highest BCUT2D eigenvalue weighted by Gasteiger charge is 2.37. The van der Waals surface area contributed by atoms with Gasteiger partial charge in [0.2, 0.25) is 5.91 Å². The Hall–Kier alpha value is -1.40. The van der Waals surface area contributed by atoms with E-state index in [-0.39, 0.29) is 6.10 Å². The number of aryl methyl sites for hydroxylation is 1. The van der Waals surface area contributed by atoms with Crippen LogP contribution in [-0.4, -0.2) is 70.8 Å². The smallest absolute Gasteiger partial charge is 0.237 e. The number of rotatable bonds is 3. The molecule has 2 aliphatic heterocycles. The first-order valence-electron chi connectivity index (χ1n) is 9.86. The molecule has 0 bridgehead atoms. The van der Waals surface area contributed by atoms with Gasteiger partial charge in [0.25, 0.3) is 0 Å². The summed E-state index contributed by atoms with van der Waals surface area (Å²) in [6.07, 6.45) is 7.24. The largest absolute Gasteiger partial charge is 0.374 e. The van der Waals surface area contributed by atoms with Crippen LogP contribution in [0.2, 0.25) is 0 Å². The van der Waals surface area contributed by atoms with E-state index in [1.54, 1.807) is 0 Å². The molecule has 1 aromatic heterocycles. The summed E-state index contributed by atoms with van der Waals surface area (Å²) in [7, 11) is 0. The predicted molar refractivity (Wildman–Crippen MR) is 95.4 cm³/mol. The molecule has 2 saturated heterocycles. The fourth-order valence-electron chi connectivity index (χ4n) is 4.78. The number of aromatic amines is 1. The van der Waals surface area contributed by atoms with E-state index in [0.29, 0.717) is 31.0 Å². The van der Waals surface area contributed by atoms with E-state index in [9.17, 15) is 4.79 Å². The van der Waals surface area contributed by atoms with Crippen LogP contribution in [0.25, 0.3) is 0 Å². The molecule has 25 heavy (non-hydrogen) atoms. The van der Waals surface area contributed by atoms with Crippen LogP contribution >= 0.6 is 0 Å². The van der Waals surface area contributed by atoms with Gasteiger partial charge in [-0.3, -0.25) is 14.8 Å². The summed E-state index contributed by atoms with van der Waals surface area (Å²) >= 11 is 0. The second-order valence-electron chi connectivity index (χ2n) is 7.90. The van der Waals surface area contributed by atoms with Crippen molar-refractivity contribution in [3.05, 3.63) is 17.5 Å². The predicted octanol–water partition coefficient (Wildman–Crippen LogP) is 2.07. The minimum atomic E-state index is 0.271. The number of piperidine rings is 1. The average molecular weight is 346 g/mol. The lowest BCUT2D eigenvalue weighted by Gasteiger charge is -2.44. The van der Waals surface area contributed by atoms with Crippen molar-refractivity contribution in [1.29, 1.82) is 0 Å². The maximum atomic E-state index is 13.0. The number of likely N-dealkylation sites (tertiary alicyclic amines) is 1. The molecule has 6 nitrogen and oxygen atoms in total. The lowest BCUT2D eigenvalue weighted by atomic mass is 9.90. The third kappa shape index (κ3) is 3.75. The Morgan fingerprint density at radius 3 is 3.00 bits per heavy atom. The van der Waals surface area contributed by atoms with E-state index in [0.717, 1.165) is 56.7 Å². The molecule has 0 spiro atoms. The van der Waals surface area contributed by atoms with Crippen LogP contribution in [0, 0.1) is 6.92 Å². The average Bonchev–Trinajstić information content (AvgIpc) is 3.08. The van der Waals surface area contributed by atoms with E-state index >= 15 is 0 Å². The van der Waals surface area contributed by atoms with Crippen LogP contribution in [0.15, 0.2) is 6.07 Å². The summed E-state index contributed by atoms with van der Waals surface area (Å²) in [5, 5.41) is 7.48. The van der Waals surface area contributed by atoms with Crippen LogP contribution in [-0.2, 0) is 9.53 Å². The van der Waals surface area contributed by atoms with E-state index in [1.165, 1.54) is 12.8 Å². The van der Waals surface area contributed by atoms with Crippen LogP contribution in [0.5, 0.6) is 0 Å². The molecule has 1 aromatic rings. The second kappa shape index (κ2) is 7.46. The molecule has 1 N–H and O–H groups in total. The first kappa shape index (κ1) is 17.0. The Kier molecular flexibility index (Phi) is 5.08. The van der Waals surface area contributed by atoms with Gasteiger partial charge in [-0.1, -0.05) is 12.8 Å². The number of carbonyl (C=O) groups excluding carboxylic acids is 1. The topological polar surface area (TPSA) is 61.5 Å². The molecule has 3 aliphatic rings. The molecule has 3 fully saturated rings. The Morgan fingerprint density at radius 1 is 1.28 bits per heavy atom. The number of amides is 1. The van der Waals surface area contributed by atoms with Crippen molar-refractivity contribution in [3.8, 4) is 0 Å². The van der Waals surface area contributed by atoms with E-state index in [4.69, 9.17) is 4.74 Å². The van der Waals surface area contributed by atoms with E-state index < -0.39 is 0 Å². The fourth-order valence-corrected chi connectivity index (χ4v) is 4.78.